The van der Waals surface area contributed by atoms with Gasteiger partial charge in [-0.1, -0.05) is 12.1 Å². The SMILES string of the molecule is CN=C(NCCc1cccc(C(=O)NC)c1)NCC1CCCCN1C(=O)OC(C)(C)C. The Morgan fingerprint density at radius 1 is 1.23 bits per heavy atom. The summed E-state index contributed by atoms with van der Waals surface area (Å²) in [5.41, 5.74) is 1.23. The van der Waals surface area contributed by atoms with E-state index in [1.807, 2.05) is 43.9 Å². The van der Waals surface area contributed by atoms with E-state index in [4.69, 9.17) is 4.74 Å². The lowest BCUT2D eigenvalue weighted by atomic mass is 10.0. The molecule has 1 aromatic carbocycles. The van der Waals surface area contributed by atoms with Crippen LogP contribution in [0.25, 0.3) is 0 Å². The molecule has 1 atom stereocenters. The molecule has 0 aromatic heterocycles. The van der Waals surface area contributed by atoms with Gasteiger partial charge in [0.2, 0.25) is 0 Å². The maximum Gasteiger partial charge on any atom is 0.410 e. The summed E-state index contributed by atoms with van der Waals surface area (Å²) < 4.78 is 5.57. The highest BCUT2D eigenvalue weighted by atomic mass is 16.6. The van der Waals surface area contributed by atoms with Crippen LogP contribution >= 0.6 is 0 Å². The summed E-state index contributed by atoms with van der Waals surface area (Å²) in [6, 6.07) is 7.67. The molecule has 2 rings (SSSR count). The molecule has 0 spiro atoms. The summed E-state index contributed by atoms with van der Waals surface area (Å²) in [6.07, 6.45) is 3.55. The molecule has 1 unspecified atom stereocenters. The molecule has 1 fully saturated rings. The van der Waals surface area contributed by atoms with Crippen LogP contribution < -0.4 is 16.0 Å². The fourth-order valence-electron chi connectivity index (χ4n) is 3.55. The summed E-state index contributed by atoms with van der Waals surface area (Å²) in [6.45, 7) is 7.67. The van der Waals surface area contributed by atoms with Crippen LogP contribution in [0.5, 0.6) is 0 Å². The highest BCUT2D eigenvalue weighted by Crippen LogP contribution is 2.20. The quantitative estimate of drug-likeness (QED) is 0.475. The van der Waals surface area contributed by atoms with Gasteiger partial charge in [-0.05, 0) is 64.2 Å². The van der Waals surface area contributed by atoms with Crippen molar-refractivity contribution in [3.05, 3.63) is 35.4 Å². The molecule has 0 bridgehead atoms. The molecule has 1 aliphatic rings. The number of nitrogens with one attached hydrogen (secondary N) is 3. The number of likely N-dealkylation sites (tertiary alicyclic amines) is 1. The van der Waals surface area contributed by atoms with Crippen LogP contribution in [0.1, 0.15) is 56.0 Å². The molecule has 8 nitrogen and oxygen atoms in total. The number of rotatable bonds is 6. The van der Waals surface area contributed by atoms with Crippen LogP contribution in [0, 0.1) is 0 Å². The number of aliphatic imine (C=N–C) groups is 1. The third-order valence-electron chi connectivity index (χ3n) is 5.11. The van der Waals surface area contributed by atoms with Crippen molar-refractivity contribution < 1.29 is 14.3 Å². The Morgan fingerprint density at radius 3 is 2.68 bits per heavy atom. The van der Waals surface area contributed by atoms with E-state index in [0.29, 0.717) is 24.6 Å². The first-order chi connectivity index (χ1) is 14.7. The van der Waals surface area contributed by atoms with Crippen molar-refractivity contribution in [2.24, 2.45) is 4.99 Å². The summed E-state index contributed by atoms with van der Waals surface area (Å²) in [4.78, 5) is 30.5. The molecular weight excluding hydrogens is 394 g/mol. The van der Waals surface area contributed by atoms with Crippen molar-refractivity contribution in [2.45, 2.75) is 58.1 Å². The Kier molecular flexibility index (Phi) is 9.15. The van der Waals surface area contributed by atoms with E-state index < -0.39 is 5.60 Å². The van der Waals surface area contributed by atoms with Gasteiger partial charge in [0.1, 0.15) is 5.60 Å². The first-order valence-electron chi connectivity index (χ1n) is 11.0. The van der Waals surface area contributed by atoms with Gasteiger partial charge in [-0.3, -0.25) is 9.79 Å². The first kappa shape index (κ1) is 24.5. The van der Waals surface area contributed by atoms with Gasteiger partial charge in [-0.25, -0.2) is 4.79 Å². The zero-order valence-corrected chi connectivity index (χ0v) is 19.5. The van der Waals surface area contributed by atoms with Crippen LogP contribution in [0.4, 0.5) is 4.79 Å². The predicted octanol–water partition coefficient (Wildman–Crippen LogP) is 2.54. The second-order valence-corrected chi connectivity index (χ2v) is 8.73. The molecule has 3 N–H and O–H groups in total. The molecule has 0 radical (unpaired) electrons. The largest absolute Gasteiger partial charge is 0.444 e. The maximum absolute atomic E-state index is 12.6. The summed E-state index contributed by atoms with van der Waals surface area (Å²) in [5, 5.41) is 9.29. The molecule has 31 heavy (non-hydrogen) atoms. The molecule has 172 valence electrons. The van der Waals surface area contributed by atoms with Crippen molar-refractivity contribution in [3.8, 4) is 0 Å². The van der Waals surface area contributed by atoms with Gasteiger partial charge in [0.25, 0.3) is 5.91 Å². The summed E-state index contributed by atoms with van der Waals surface area (Å²) in [7, 11) is 3.36. The number of amides is 2. The Hall–Kier alpha value is -2.77. The Balaban J connectivity index is 1.84. The van der Waals surface area contributed by atoms with Gasteiger partial charge >= 0.3 is 6.09 Å². The predicted molar refractivity (Wildman–Crippen MR) is 123 cm³/mol. The Morgan fingerprint density at radius 2 is 2.00 bits per heavy atom. The fourth-order valence-corrected chi connectivity index (χ4v) is 3.55. The third kappa shape index (κ3) is 8.11. The zero-order chi connectivity index (χ0) is 22.9. The summed E-state index contributed by atoms with van der Waals surface area (Å²) in [5.74, 6) is 0.603. The molecule has 1 saturated heterocycles. The molecule has 2 amide bonds. The lowest BCUT2D eigenvalue weighted by molar-refractivity contribution is 0.0104. The number of carbonyl (C=O) groups excluding carboxylic acids is 2. The average Bonchev–Trinajstić information content (AvgIpc) is 2.74. The highest BCUT2D eigenvalue weighted by Gasteiger charge is 2.30. The number of guanidine groups is 1. The van der Waals surface area contributed by atoms with Crippen molar-refractivity contribution >= 4 is 18.0 Å². The van der Waals surface area contributed by atoms with Crippen molar-refractivity contribution in [2.75, 3.05) is 33.7 Å². The monoisotopic (exact) mass is 431 g/mol. The van der Waals surface area contributed by atoms with Crippen LogP contribution in [-0.2, 0) is 11.2 Å². The first-order valence-corrected chi connectivity index (χ1v) is 11.0. The Bertz CT molecular complexity index is 773. The van der Waals surface area contributed by atoms with Crippen LogP contribution in [-0.4, -0.2) is 68.2 Å². The van der Waals surface area contributed by atoms with E-state index >= 15 is 0 Å². The van der Waals surface area contributed by atoms with E-state index in [9.17, 15) is 9.59 Å². The Labute approximate surface area is 185 Å². The minimum Gasteiger partial charge on any atom is -0.444 e. The van der Waals surface area contributed by atoms with E-state index in [1.54, 1.807) is 20.2 Å². The van der Waals surface area contributed by atoms with Crippen LogP contribution in [0.15, 0.2) is 29.3 Å². The standard InChI is InChI=1S/C23H37N5O3/c1-23(2,3)31-22(30)28-14-7-6-11-19(28)16-27-21(25-5)26-13-12-17-9-8-10-18(15-17)20(29)24-4/h8-10,15,19H,6-7,11-14,16H2,1-5H3,(H,24,29)(H2,25,26,27). The number of benzene rings is 1. The highest BCUT2D eigenvalue weighted by molar-refractivity contribution is 5.94. The fraction of sp³-hybridized carbons (Fsp3) is 0.609. The number of nitrogens with zero attached hydrogens (tertiary/aromatic N) is 2. The van der Waals surface area contributed by atoms with Crippen molar-refractivity contribution in [3.63, 3.8) is 0 Å². The van der Waals surface area contributed by atoms with Gasteiger partial charge in [0, 0.05) is 39.3 Å². The van der Waals surface area contributed by atoms with Crippen molar-refractivity contribution in [1.29, 1.82) is 0 Å². The minimum atomic E-state index is -0.501. The van der Waals surface area contributed by atoms with Gasteiger partial charge in [-0.2, -0.15) is 0 Å². The molecule has 0 saturated carbocycles. The molecule has 1 aliphatic heterocycles. The van der Waals surface area contributed by atoms with E-state index in [-0.39, 0.29) is 18.0 Å². The van der Waals surface area contributed by atoms with Crippen molar-refractivity contribution in [1.82, 2.24) is 20.9 Å². The second-order valence-electron chi connectivity index (χ2n) is 8.73. The van der Waals surface area contributed by atoms with Crippen LogP contribution in [0.2, 0.25) is 0 Å². The van der Waals surface area contributed by atoms with E-state index in [0.717, 1.165) is 37.8 Å². The van der Waals surface area contributed by atoms with E-state index in [2.05, 4.69) is 20.9 Å². The maximum atomic E-state index is 12.6. The van der Waals surface area contributed by atoms with Gasteiger partial charge < -0.3 is 25.6 Å². The average molecular weight is 432 g/mol. The summed E-state index contributed by atoms with van der Waals surface area (Å²) >= 11 is 0. The number of piperidine rings is 1. The number of ether oxygens (including phenoxy) is 1. The molecule has 1 aromatic rings. The lowest BCUT2D eigenvalue weighted by Crippen LogP contribution is -2.52. The zero-order valence-electron chi connectivity index (χ0n) is 19.5. The van der Waals surface area contributed by atoms with Gasteiger partial charge in [0.05, 0.1) is 6.04 Å². The number of carbonyl (C=O) groups is 2. The smallest absolute Gasteiger partial charge is 0.410 e. The minimum absolute atomic E-state index is 0.0754. The third-order valence-corrected chi connectivity index (χ3v) is 5.11. The normalized spacial score (nSPS) is 17.1. The number of hydrogen-bond donors (Lipinski definition) is 3. The lowest BCUT2D eigenvalue weighted by Gasteiger charge is -2.37. The van der Waals surface area contributed by atoms with Gasteiger partial charge in [-0.15, -0.1) is 0 Å². The molecule has 1 heterocycles. The number of hydrogen-bond acceptors (Lipinski definition) is 4. The second kappa shape index (κ2) is 11.6. The molecular formula is C23H37N5O3. The molecule has 8 heteroatoms. The molecule has 0 aliphatic carbocycles. The van der Waals surface area contributed by atoms with E-state index in [1.165, 1.54) is 0 Å². The van der Waals surface area contributed by atoms with Gasteiger partial charge in [0.15, 0.2) is 5.96 Å². The van der Waals surface area contributed by atoms with Crippen LogP contribution in [0.3, 0.4) is 0 Å². The topological polar surface area (TPSA) is 95.1 Å².